The van der Waals surface area contributed by atoms with E-state index in [1.54, 1.807) is 12.1 Å². The zero-order valence-corrected chi connectivity index (χ0v) is 11.2. The zero-order valence-electron chi connectivity index (χ0n) is 11.2. The fourth-order valence-corrected chi connectivity index (χ4v) is 2.13. The van der Waals surface area contributed by atoms with Gasteiger partial charge in [0.25, 0.3) is 0 Å². The number of anilines is 1. The summed E-state index contributed by atoms with van der Waals surface area (Å²) in [5.74, 6) is 0.0498. The van der Waals surface area contributed by atoms with Crippen LogP contribution < -0.4 is 4.90 Å². The standard InChI is InChI=1S/C16H18FNO/c1-3-18(15-10-5-4-9-14(15)17)11-13-8-6-7-12(2)16(13)19/h4-10,19H,3,11H2,1-2H3. The number of nitrogens with zero attached hydrogens (tertiary/aromatic N) is 1. The smallest absolute Gasteiger partial charge is 0.146 e. The number of phenols is 1. The molecule has 0 saturated heterocycles. The minimum atomic E-state index is -0.239. The molecule has 1 N–H and O–H groups in total. The lowest BCUT2D eigenvalue weighted by Crippen LogP contribution is -2.23. The molecular formula is C16H18FNO. The summed E-state index contributed by atoms with van der Waals surface area (Å²) in [5.41, 5.74) is 2.21. The van der Waals surface area contributed by atoms with Crippen molar-refractivity contribution < 1.29 is 9.50 Å². The Morgan fingerprint density at radius 1 is 1.11 bits per heavy atom. The summed E-state index contributed by atoms with van der Waals surface area (Å²) >= 11 is 0. The molecule has 0 aromatic heterocycles. The van der Waals surface area contributed by atoms with Crippen molar-refractivity contribution in [3.05, 3.63) is 59.4 Å². The van der Waals surface area contributed by atoms with Crippen LogP contribution in [0, 0.1) is 12.7 Å². The molecule has 3 heteroatoms. The molecule has 0 spiro atoms. The predicted molar refractivity (Wildman–Crippen MR) is 76.0 cm³/mol. The first-order chi connectivity index (χ1) is 9.13. The Morgan fingerprint density at radius 3 is 2.53 bits per heavy atom. The van der Waals surface area contributed by atoms with Crippen molar-refractivity contribution in [1.82, 2.24) is 0 Å². The Kier molecular flexibility index (Phi) is 4.05. The highest BCUT2D eigenvalue weighted by Gasteiger charge is 2.12. The third kappa shape index (κ3) is 2.87. The molecule has 0 radical (unpaired) electrons. The van der Waals surface area contributed by atoms with Crippen LogP contribution in [0.3, 0.4) is 0 Å². The topological polar surface area (TPSA) is 23.5 Å². The molecule has 0 aliphatic rings. The maximum Gasteiger partial charge on any atom is 0.146 e. The molecule has 2 aromatic rings. The van der Waals surface area contributed by atoms with Crippen LogP contribution in [0.4, 0.5) is 10.1 Å². The molecule has 0 aliphatic carbocycles. The van der Waals surface area contributed by atoms with Crippen LogP contribution in [0.15, 0.2) is 42.5 Å². The Bertz CT molecular complexity index is 568. The fraction of sp³-hybridized carbons (Fsp3) is 0.250. The highest BCUT2D eigenvalue weighted by atomic mass is 19.1. The number of para-hydroxylation sites is 2. The van der Waals surface area contributed by atoms with Crippen molar-refractivity contribution in [3.8, 4) is 5.75 Å². The second-order valence-electron chi connectivity index (χ2n) is 4.55. The lowest BCUT2D eigenvalue weighted by molar-refractivity contribution is 0.463. The second kappa shape index (κ2) is 5.74. The van der Waals surface area contributed by atoms with E-state index in [0.29, 0.717) is 18.8 Å². The van der Waals surface area contributed by atoms with E-state index in [1.165, 1.54) is 6.07 Å². The van der Waals surface area contributed by atoms with Gasteiger partial charge in [0.05, 0.1) is 5.69 Å². The minimum absolute atomic E-state index is 0.239. The van der Waals surface area contributed by atoms with Gasteiger partial charge in [0, 0.05) is 18.7 Å². The van der Waals surface area contributed by atoms with Crippen molar-refractivity contribution in [2.45, 2.75) is 20.4 Å². The molecule has 2 nitrogen and oxygen atoms in total. The van der Waals surface area contributed by atoms with Crippen molar-refractivity contribution in [3.63, 3.8) is 0 Å². The number of aromatic hydroxyl groups is 1. The SMILES string of the molecule is CCN(Cc1cccc(C)c1O)c1ccccc1F. The van der Waals surface area contributed by atoms with Crippen LogP contribution in [-0.2, 0) is 6.54 Å². The van der Waals surface area contributed by atoms with E-state index < -0.39 is 0 Å². The van der Waals surface area contributed by atoms with E-state index in [9.17, 15) is 9.50 Å². The Hall–Kier alpha value is -2.03. The van der Waals surface area contributed by atoms with Crippen LogP contribution in [0.1, 0.15) is 18.1 Å². The van der Waals surface area contributed by atoms with Gasteiger partial charge < -0.3 is 10.0 Å². The van der Waals surface area contributed by atoms with Crippen LogP contribution >= 0.6 is 0 Å². The summed E-state index contributed by atoms with van der Waals surface area (Å²) in [6.45, 7) is 5.00. The van der Waals surface area contributed by atoms with Crippen molar-refractivity contribution in [1.29, 1.82) is 0 Å². The third-order valence-electron chi connectivity index (χ3n) is 3.26. The largest absolute Gasteiger partial charge is 0.507 e. The number of benzene rings is 2. The number of phenolic OH excluding ortho intramolecular Hbond substituents is 1. The van der Waals surface area contributed by atoms with Gasteiger partial charge in [-0.05, 0) is 31.5 Å². The molecule has 0 bridgehead atoms. The quantitative estimate of drug-likeness (QED) is 0.901. The summed E-state index contributed by atoms with van der Waals surface area (Å²) in [6.07, 6.45) is 0. The van der Waals surface area contributed by atoms with Gasteiger partial charge in [-0.25, -0.2) is 4.39 Å². The van der Waals surface area contributed by atoms with Gasteiger partial charge in [-0.1, -0.05) is 30.3 Å². The van der Waals surface area contributed by atoms with E-state index in [1.807, 2.05) is 43.0 Å². The molecule has 0 unspecified atom stereocenters. The highest BCUT2D eigenvalue weighted by molar-refractivity contribution is 5.50. The number of aryl methyl sites for hydroxylation is 1. The summed E-state index contributed by atoms with van der Waals surface area (Å²) < 4.78 is 13.8. The zero-order chi connectivity index (χ0) is 13.8. The Balaban J connectivity index is 2.30. The summed E-state index contributed by atoms with van der Waals surface area (Å²) in [6, 6.07) is 12.3. The van der Waals surface area contributed by atoms with Gasteiger partial charge in [0.15, 0.2) is 0 Å². The number of hydrogen-bond donors (Lipinski definition) is 1. The molecule has 0 atom stereocenters. The van der Waals surface area contributed by atoms with E-state index in [-0.39, 0.29) is 11.6 Å². The molecule has 19 heavy (non-hydrogen) atoms. The maximum atomic E-state index is 13.8. The Morgan fingerprint density at radius 2 is 1.84 bits per heavy atom. The number of halogens is 1. The van der Waals surface area contributed by atoms with Crippen LogP contribution in [0.25, 0.3) is 0 Å². The van der Waals surface area contributed by atoms with Gasteiger partial charge in [-0.2, -0.15) is 0 Å². The molecule has 2 aromatic carbocycles. The summed E-state index contributed by atoms with van der Waals surface area (Å²) in [7, 11) is 0. The molecular weight excluding hydrogens is 241 g/mol. The molecule has 0 amide bonds. The lowest BCUT2D eigenvalue weighted by Gasteiger charge is -2.24. The van der Waals surface area contributed by atoms with Crippen molar-refractivity contribution >= 4 is 5.69 Å². The van der Waals surface area contributed by atoms with Gasteiger partial charge >= 0.3 is 0 Å². The van der Waals surface area contributed by atoms with Crippen LogP contribution in [-0.4, -0.2) is 11.7 Å². The lowest BCUT2D eigenvalue weighted by atomic mass is 10.1. The van der Waals surface area contributed by atoms with Crippen molar-refractivity contribution in [2.24, 2.45) is 0 Å². The normalized spacial score (nSPS) is 10.5. The van der Waals surface area contributed by atoms with E-state index in [4.69, 9.17) is 0 Å². The number of hydrogen-bond acceptors (Lipinski definition) is 2. The van der Waals surface area contributed by atoms with E-state index in [0.717, 1.165) is 11.1 Å². The average Bonchev–Trinajstić information content (AvgIpc) is 2.41. The van der Waals surface area contributed by atoms with Crippen LogP contribution in [0.5, 0.6) is 5.75 Å². The third-order valence-corrected chi connectivity index (χ3v) is 3.26. The summed E-state index contributed by atoms with van der Waals surface area (Å²) in [4.78, 5) is 1.91. The molecule has 2 rings (SSSR count). The van der Waals surface area contributed by atoms with E-state index >= 15 is 0 Å². The van der Waals surface area contributed by atoms with Gasteiger partial charge in [0.1, 0.15) is 11.6 Å². The van der Waals surface area contributed by atoms with Crippen LogP contribution in [0.2, 0.25) is 0 Å². The Labute approximate surface area is 113 Å². The first-order valence-electron chi connectivity index (χ1n) is 6.40. The van der Waals surface area contributed by atoms with E-state index in [2.05, 4.69) is 0 Å². The summed E-state index contributed by atoms with van der Waals surface area (Å²) in [5, 5.41) is 10.0. The second-order valence-corrected chi connectivity index (χ2v) is 4.55. The molecule has 0 aliphatic heterocycles. The van der Waals surface area contributed by atoms with Crippen molar-refractivity contribution in [2.75, 3.05) is 11.4 Å². The molecule has 0 saturated carbocycles. The van der Waals surface area contributed by atoms with Gasteiger partial charge in [-0.3, -0.25) is 0 Å². The fourth-order valence-electron chi connectivity index (χ4n) is 2.13. The number of rotatable bonds is 4. The monoisotopic (exact) mass is 259 g/mol. The first kappa shape index (κ1) is 13.4. The minimum Gasteiger partial charge on any atom is -0.507 e. The molecule has 0 heterocycles. The average molecular weight is 259 g/mol. The highest BCUT2D eigenvalue weighted by Crippen LogP contribution is 2.26. The molecule has 0 fully saturated rings. The first-order valence-corrected chi connectivity index (χ1v) is 6.40. The predicted octanol–water partition coefficient (Wildman–Crippen LogP) is 3.87. The molecule has 100 valence electrons. The van der Waals surface area contributed by atoms with Gasteiger partial charge in [0.2, 0.25) is 0 Å². The maximum absolute atomic E-state index is 13.8. The van der Waals surface area contributed by atoms with Gasteiger partial charge in [-0.15, -0.1) is 0 Å².